The zero-order valence-corrected chi connectivity index (χ0v) is 14.8. The van der Waals surface area contributed by atoms with Gasteiger partial charge in [-0.2, -0.15) is 0 Å². The highest BCUT2D eigenvalue weighted by molar-refractivity contribution is 5.96. The Kier molecular flexibility index (Phi) is 4.89. The number of fused-ring (bicyclic) bond motifs is 2. The molecule has 0 spiro atoms. The molecule has 0 saturated carbocycles. The van der Waals surface area contributed by atoms with Crippen LogP contribution in [0.5, 0.6) is 5.75 Å². The first-order valence-corrected chi connectivity index (χ1v) is 8.86. The van der Waals surface area contributed by atoms with Crippen LogP contribution in [-0.4, -0.2) is 11.2 Å². The van der Waals surface area contributed by atoms with Crippen LogP contribution < -0.4 is 10.2 Å². The van der Waals surface area contributed by atoms with Crippen LogP contribution in [0.3, 0.4) is 0 Å². The van der Waals surface area contributed by atoms with Crippen LogP contribution in [0.25, 0.3) is 21.8 Å². The molecule has 3 aromatic rings. The lowest BCUT2D eigenvalue weighted by Gasteiger charge is -2.17. The SMILES string of the molecule is CCCCn1c2ccccc2c(=O)c2c(C)c(OCCC)ccc21. The third-order valence-electron chi connectivity index (χ3n) is 4.55. The molecule has 0 amide bonds. The molecule has 0 fully saturated rings. The lowest BCUT2D eigenvalue weighted by Crippen LogP contribution is -2.13. The van der Waals surface area contributed by atoms with E-state index in [1.807, 2.05) is 43.3 Å². The van der Waals surface area contributed by atoms with Crippen molar-refractivity contribution in [1.29, 1.82) is 0 Å². The highest BCUT2D eigenvalue weighted by Crippen LogP contribution is 2.28. The maximum atomic E-state index is 13.1. The Hall–Kier alpha value is -2.29. The van der Waals surface area contributed by atoms with Crippen molar-refractivity contribution in [2.45, 2.75) is 46.6 Å². The van der Waals surface area contributed by atoms with Gasteiger partial charge in [0.05, 0.1) is 23.0 Å². The van der Waals surface area contributed by atoms with E-state index >= 15 is 0 Å². The van der Waals surface area contributed by atoms with Gasteiger partial charge in [0.1, 0.15) is 5.75 Å². The molecule has 0 N–H and O–H groups in total. The van der Waals surface area contributed by atoms with Crippen molar-refractivity contribution in [1.82, 2.24) is 4.57 Å². The van der Waals surface area contributed by atoms with Gasteiger partial charge in [-0.25, -0.2) is 0 Å². The van der Waals surface area contributed by atoms with Gasteiger partial charge in [0.15, 0.2) is 5.43 Å². The van der Waals surface area contributed by atoms with Crippen molar-refractivity contribution in [3.63, 3.8) is 0 Å². The molecule has 0 bridgehead atoms. The Morgan fingerprint density at radius 3 is 2.54 bits per heavy atom. The van der Waals surface area contributed by atoms with E-state index < -0.39 is 0 Å². The van der Waals surface area contributed by atoms with E-state index in [4.69, 9.17) is 4.74 Å². The Labute approximate surface area is 142 Å². The quantitative estimate of drug-likeness (QED) is 0.594. The lowest BCUT2D eigenvalue weighted by molar-refractivity contribution is 0.316. The van der Waals surface area contributed by atoms with E-state index in [1.54, 1.807) is 0 Å². The number of unbranched alkanes of at least 4 members (excludes halogenated alkanes) is 1. The second-order valence-electron chi connectivity index (χ2n) is 6.28. The average molecular weight is 323 g/mol. The van der Waals surface area contributed by atoms with Gasteiger partial charge in [-0.3, -0.25) is 4.79 Å². The molecule has 0 radical (unpaired) electrons. The summed E-state index contributed by atoms with van der Waals surface area (Å²) >= 11 is 0. The summed E-state index contributed by atoms with van der Waals surface area (Å²) in [6, 6.07) is 12.0. The molecule has 0 aliphatic heterocycles. The highest BCUT2D eigenvalue weighted by Gasteiger charge is 2.14. The zero-order chi connectivity index (χ0) is 17.1. The Bertz CT molecular complexity index is 924. The number of hydrogen-bond donors (Lipinski definition) is 0. The fourth-order valence-corrected chi connectivity index (χ4v) is 3.28. The summed E-state index contributed by atoms with van der Waals surface area (Å²) in [5.41, 5.74) is 3.08. The van der Waals surface area contributed by atoms with E-state index in [9.17, 15) is 4.79 Å². The summed E-state index contributed by atoms with van der Waals surface area (Å²) in [6.45, 7) is 7.86. The van der Waals surface area contributed by atoms with Gasteiger partial charge in [0.25, 0.3) is 0 Å². The second kappa shape index (κ2) is 7.08. The third kappa shape index (κ3) is 2.79. The van der Waals surface area contributed by atoms with Crippen molar-refractivity contribution in [2.24, 2.45) is 0 Å². The van der Waals surface area contributed by atoms with Gasteiger partial charge in [-0.15, -0.1) is 0 Å². The zero-order valence-electron chi connectivity index (χ0n) is 14.8. The minimum Gasteiger partial charge on any atom is -0.493 e. The molecule has 3 rings (SSSR count). The molecule has 3 heteroatoms. The molecule has 3 nitrogen and oxygen atoms in total. The summed E-state index contributed by atoms with van der Waals surface area (Å²) in [7, 11) is 0. The number of rotatable bonds is 6. The summed E-state index contributed by atoms with van der Waals surface area (Å²) in [5.74, 6) is 0.818. The van der Waals surface area contributed by atoms with E-state index in [0.29, 0.717) is 6.61 Å². The first-order chi connectivity index (χ1) is 11.7. The smallest absolute Gasteiger partial charge is 0.197 e. The summed E-state index contributed by atoms with van der Waals surface area (Å²) < 4.78 is 8.12. The normalized spacial score (nSPS) is 11.3. The first kappa shape index (κ1) is 16.6. The minimum atomic E-state index is 0.104. The third-order valence-corrected chi connectivity index (χ3v) is 4.55. The predicted molar refractivity (Wildman–Crippen MR) is 101 cm³/mol. The Morgan fingerprint density at radius 2 is 1.79 bits per heavy atom. The average Bonchev–Trinajstić information content (AvgIpc) is 2.61. The molecule has 24 heavy (non-hydrogen) atoms. The number of benzene rings is 2. The Morgan fingerprint density at radius 1 is 1.00 bits per heavy atom. The maximum Gasteiger partial charge on any atom is 0.197 e. The van der Waals surface area contributed by atoms with Crippen LogP contribution in [0.15, 0.2) is 41.2 Å². The fraction of sp³-hybridized carbons (Fsp3) is 0.381. The van der Waals surface area contributed by atoms with Crippen molar-refractivity contribution in [3.8, 4) is 5.75 Å². The highest BCUT2D eigenvalue weighted by atomic mass is 16.5. The maximum absolute atomic E-state index is 13.1. The fourth-order valence-electron chi connectivity index (χ4n) is 3.28. The van der Waals surface area contributed by atoms with Crippen LogP contribution in [0.2, 0.25) is 0 Å². The molecule has 0 saturated heterocycles. The monoisotopic (exact) mass is 323 g/mol. The molecule has 126 valence electrons. The molecule has 0 atom stereocenters. The van der Waals surface area contributed by atoms with Gasteiger partial charge in [-0.05, 0) is 44.0 Å². The van der Waals surface area contributed by atoms with E-state index in [1.165, 1.54) is 0 Å². The molecule has 1 heterocycles. The van der Waals surface area contributed by atoms with E-state index in [-0.39, 0.29) is 5.43 Å². The van der Waals surface area contributed by atoms with Crippen molar-refractivity contribution in [2.75, 3.05) is 6.61 Å². The summed E-state index contributed by atoms with van der Waals surface area (Å²) in [6.07, 6.45) is 3.17. The standard InChI is InChI=1S/C21H25NO2/c1-4-6-13-22-17-10-8-7-9-16(17)21(23)20-15(3)19(24-14-5-2)12-11-18(20)22/h7-12H,4-6,13-14H2,1-3H3. The Balaban J connectivity index is 2.35. The largest absolute Gasteiger partial charge is 0.493 e. The molecule has 1 aromatic heterocycles. The molecular formula is C21H25NO2. The van der Waals surface area contributed by atoms with Crippen LogP contribution in [0.4, 0.5) is 0 Å². The number of nitrogens with zero attached hydrogens (tertiary/aromatic N) is 1. The van der Waals surface area contributed by atoms with Gasteiger partial charge >= 0.3 is 0 Å². The van der Waals surface area contributed by atoms with E-state index in [2.05, 4.69) is 18.4 Å². The van der Waals surface area contributed by atoms with Gasteiger partial charge in [0.2, 0.25) is 0 Å². The molecule has 2 aromatic carbocycles. The molecule has 0 unspecified atom stereocenters. The number of pyridine rings is 1. The molecule has 0 aliphatic rings. The van der Waals surface area contributed by atoms with E-state index in [0.717, 1.165) is 58.9 Å². The number of hydrogen-bond acceptors (Lipinski definition) is 2. The van der Waals surface area contributed by atoms with Gasteiger partial charge in [0, 0.05) is 17.5 Å². The minimum absolute atomic E-state index is 0.104. The van der Waals surface area contributed by atoms with Gasteiger partial charge in [-0.1, -0.05) is 32.4 Å². The van der Waals surface area contributed by atoms with Crippen LogP contribution >= 0.6 is 0 Å². The second-order valence-corrected chi connectivity index (χ2v) is 6.28. The summed E-state index contributed by atoms with van der Waals surface area (Å²) in [4.78, 5) is 13.1. The molecule has 0 aliphatic carbocycles. The topological polar surface area (TPSA) is 31.2 Å². The van der Waals surface area contributed by atoms with Crippen molar-refractivity contribution < 1.29 is 4.74 Å². The first-order valence-electron chi connectivity index (χ1n) is 8.86. The van der Waals surface area contributed by atoms with Crippen LogP contribution in [-0.2, 0) is 6.54 Å². The van der Waals surface area contributed by atoms with Crippen molar-refractivity contribution in [3.05, 3.63) is 52.2 Å². The number of para-hydroxylation sites is 1. The number of ether oxygens (including phenoxy) is 1. The van der Waals surface area contributed by atoms with Crippen LogP contribution in [0, 0.1) is 6.92 Å². The van der Waals surface area contributed by atoms with Crippen molar-refractivity contribution >= 4 is 21.8 Å². The van der Waals surface area contributed by atoms with Gasteiger partial charge < -0.3 is 9.30 Å². The van der Waals surface area contributed by atoms with Crippen LogP contribution in [0.1, 0.15) is 38.7 Å². The summed E-state index contributed by atoms with van der Waals surface area (Å²) in [5, 5.41) is 1.58. The number of aromatic nitrogens is 1. The number of aryl methyl sites for hydroxylation is 2. The molecular weight excluding hydrogens is 298 g/mol. The predicted octanol–water partition coefficient (Wildman–Crippen LogP) is 5.05. The lowest BCUT2D eigenvalue weighted by atomic mass is 10.0.